The number of fused-ring (bicyclic) bond motifs is 1. The van der Waals surface area contributed by atoms with Crippen molar-refractivity contribution in [3.8, 4) is 0 Å². The molecule has 0 saturated carbocycles. The molecule has 0 aliphatic carbocycles. The SMILES string of the molecule is CCCNC(CC1OCCO1)c1cccc2cccnc12. The smallest absolute Gasteiger partial charge is 0.159 e. The molecule has 0 amide bonds. The molecule has 3 rings (SSSR count). The van der Waals surface area contributed by atoms with Gasteiger partial charge in [-0.05, 0) is 24.6 Å². The molecule has 1 aliphatic rings. The summed E-state index contributed by atoms with van der Waals surface area (Å²) in [5, 5.41) is 4.78. The van der Waals surface area contributed by atoms with Crippen LogP contribution in [0.3, 0.4) is 0 Å². The highest BCUT2D eigenvalue weighted by molar-refractivity contribution is 5.82. The third-order valence-electron chi connectivity index (χ3n) is 3.80. The Balaban J connectivity index is 1.89. The average molecular weight is 286 g/mol. The number of pyridine rings is 1. The monoisotopic (exact) mass is 286 g/mol. The fourth-order valence-electron chi connectivity index (χ4n) is 2.78. The molecule has 0 bridgehead atoms. The van der Waals surface area contributed by atoms with Crippen LogP contribution in [0.15, 0.2) is 36.5 Å². The van der Waals surface area contributed by atoms with Crippen LogP contribution in [0.2, 0.25) is 0 Å². The molecule has 2 aromatic rings. The topological polar surface area (TPSA) is 43.4 Å². The molecule has 1 unspecified atom stereocenters. The first-order chi connectivity index (χ1) is 10.4. The van der Waals surface area contributed by atoms with Gasteiger partial charge in [-0.2, -0.15) is 0 Å². The van der Waals surface area contributed by atoms with E-state index in [1.165, 1.54) is 10.9 Å². The second-order valence-corrected chi connectivity index (χ2v) is 5.34. The molecular formula is C17H22N2O2. The quantitative estimate of drug-likeness (QED) is 0.886. The van der Waals surface area contributed by atoms with Gasteiger partial charge in [0.15, 0.2) is 6.29 Å². The van der Waals surface area contributed by atoms with E-state index in [1.807, 2.05) is 12.3 Å². The summed E-state index contributed by atoms with van der Waals surface area (Å²) >= 11 is 0. The van der Waals surface area contributed by atoms with E-state index in [0.717, 1.165) is 24.9 Å². The van der Waals surface area contributed by atoms with Gasteiger partial charge in [0, 0.05) is 24.0 Å². The van der Waals surface area contributed by atoms with Gasteiger partial charge in [0.2, 0.25) is 0 Å². The molecule has 0 spiro atoms. The molecule has 4 heteroatoms. The maximum atomic E-state index is 5.61. The molecule has 1 atom stereocenters. The van der Waals surface area contributed by atoms with Crippen LogP contribution in [0.4, 0.5) is 0 Å². The predicted molar refractivity (Wildman–Crippen MR) is 83.1 cm³/mol. The maximum Gasteiger partial charge on any atom is 0.159 e. The standard InChI is InChI=1S/C17H22N2O2/c1-2-8-18-15(12-16-20-10-11-21-16)14-7-3-5-13-6-4-9-19-17(13)14/h3-7,9,15-16,18H,2,8,10-12H2,1H3. The van der Waals surface area contributed by atoms with Crippen LogP contribution in [0.5, 0.6) is 0 Å². The van der Waals surface area contributed by atoms with Gasteiger partial charge in [-0.25, -0.2) is 0 Å². The number of hydrogen-bond acceptors (Lipinski definition) is 4. The van der Waals surface area contributed by atoms with E-state index in [-0.39, 0.29) is 12.3 Å². The number of aromatic nitrogens is 1. The largest absolute Gasteiger partial charge is 0.350 e. The molecule has 1 fully saturated rings. The highest BCUT2D eigenvalue weighted by Gasteiger charge is 2.23. The number of para-hydroxylation sites is 1. The number of benzene rings is 1. The van der Waals surface area contributed by atoms with Crippen LogP contribution in [0.1, 0.15) is 31.4 Å². The molecule has 21 heavy (non-hydrogen) atoms. The minimum atomic E-state index is -0.113. The number of nitrogens with zero attached hydrogens (tertiary/aromatic N) is 1. The summed E-state index contributed by atoms with van der Waals surface area (Å²) in [4.78, 5) is 4.56. The summed E-state index contributed by atoms with van der Waals surface area (Å²) in [5.41, 5.74) is 2.28. The lowest BCUT2D eigenvalue weighted by Gasteiger charge is -2.22. The van der Waals surface area contributed by atoms with Crippen LogP contribution in [0, 0.1) is 0 Å². The van der Waals surface area contributed by atoms with E-state index < -0.39 is 0 Å². The zero-order chi connectivity index (χ0) is 14.5. The molecular weight excluding hydrogens is 264 g/mol. The van der Waals surface area contributed by atoms with Gasteiger partial charge in [0.05, 0.1) is 18.7 Å². The summed E-state index contributed by atoms with van der Waals surface area (Å²) in [6.07, 6.45) is 3.65. The van der Waals surface area contributed by atoms with Crippen LogP contribution in [-0.4, -0.2) is 31.0 Å². The average Bonchev–Trinajstić information content (AvgIpc) is 3.04. The summed E-state index contributed by atoms with van der Waals surface area (Å²) < 4.78 is 11.2. The fraction of sp³-hybridized carbons (Fsp3) is 0.471. The Bertz CT molecular complexity index is 577. The van der Waals surface area contributed by atoms with E-state index in [2.05, 4.69) is 41.5 Å². The number of rotatable bonds is 6. The van der Waals surface area contributed by atoms with Gasteiger partial charge in [0.25, 0.3) is 0 Å². The van der Waals surface area contributed by atoms with Crippen molar-refractivity contribution in [1.29, 1.82) is 0 Å². The Morgan fingerprint density at radius 2 is 2.05 bits per heavy atom. The molecule has 0 radical (unpaired) electrons. The molecule has 1 aromatic carbocycles. The van der Waals surface area contributed by atoms with E-state index in [1.54, 1.807) is 0 Å². The lowest BCUT2D eigenvalue weighted by Crippen LogP contribution is -2.27. The zero-order valence-electron chi connectivity index (χ0n) is 12.4. The molecule has 1 saturated heterocycles. The first kappa shape index (κ1) is 14.4. The highest BCUT2D eigenvalue weighted by atomic mass is 16.7. The molecule has 1 aliphatic heterocycles. The van der Waals surface area contributed by atoms with Crippen molar-refractivity contribution in [3.05, 3.63) is 42.1 Å². The Morgan fingerprint density at radius 3 is 2.86 bits per heavy atom. The lowest BCUT2D eigenvalue weighted by molar-refractivity contribution is -0.0529. The normalized spacial score (nSPS) is 17.4. The van der Waals surface area contributed by atoms with Gasteiger partial charge >= 0.3 is 0 Å². The second-order valence-electron chi connectivity index (χ2n) is 5.34. The molecule has 2 heterocycles. The van der Waals surface area contributed by atoms with Gasteiger partial charge in [-0.15, -0.1) is 0 Å². The van der Waals surface area contributed by atoms with Crippen molar-refractivity contribution in [2.75, 3.05) is 19.8 Å². The summed E-state index contributed by atoms with van der Waals surface area (Å²) in [6, 6.07) is 10.6. The van der Waals surface area contributed by atoms with E-state index in [0.29, 0.717) is 13.2 Å². The van der Waals surface area contributed by atoms with Crippen molar-refractivity contribution in [2.24, 2.45) is 0 Å². The summed E-state index contributed by atoms with van der Waals surface area (Å²) in [5.74, 6) is 0. The molecule has 1 aromatic heterocycles. The summed E-state index contributed by atoms with van der Waals surface area (Å²) in [7, 11) is 0. The van der Waals surface area contributed by atoms with Crippen molar-refractivity contribution in [3.63, 3.8) is 0 Å². The van der Waals surface area contributed by atoms with Crippen LogP contribution >= 0.6 is 0 Å². The van der Waals surface area contributed by atoms with Gasteiger partial charge in [-0.3, -0.25) is 4.98 Å². The maximum absolute atomic E-state index is 5.61. The Morgan fingerprint density at radius 1 is 1.24 bits per heavy atom. The van der Waals surface area contributed by atoms with Gasteiger partial charge < -0.3 is 14.8 Å². The minimum absolute atomic E-state index is 0.113. The first-order valence-electron chi connectivity index (χ1n) is 7.68. The van der Waals surface area contributed by atoms with Crippen LogP contribution in [0.25, 0.3) is 10.9 Å². The minimum Gasteiger partial charge on any atom is -0.350 e. The van der Waals surface area contributed by atoms with Crippen molar-refractivity contribution < 1.29 is 9.47 Å². The first-order valence-corrected chi connectivity index (χ1v) is 7.68. The Kier molecular flexibility index (Phi) is 4.80. The Hall–Kier alpha value is -1.49. The van der Waals surface area contributed by atoms with E-state index >= 15 is 0 Å². The molecule has 4 nitrogen and oxygen atoms in total. The van der Waals surface area contributed by atoms with E-state index in [4.69, 9.17) is 9.47 Å². The van der Waals surface area contributed by atoms with Crippen molar-refractivity contribution >= 4 is 10.9 Å². The lowest BCUT2D eigenvalue weighted by atomic mass is 9.99. The number of hydrogen-bond donors (Lipinski definition) is 1. The van der Waals surface area contributed by atoms with Crippen LogP contribution < -0.4 is 5.32 Å². The van der Waals surface area contributed by atoms with Crippen molar-refractivity contribution in [2.45, 2.75) is 32.1 Å². The second kappa shape index (κ2) is 6.98. The van der Waals surface area contributed by atoms with Crippen LogP contribution in [-0.2, 0) is 9.47 Å². The predicted octanol–water partition coefficient (Wildman–Crippen LogP) is 3.04. The Labute approximate surface area is 125 Å². The third-order valence-corrected chi connectivity index (χ3v) is 3.80. The molecule has 1 N–H and O–H groups in total. The number of ether oxygens (including phenoxy) is 2. The van der Waals surface area contributed by atoms with Gasteiger partial charge in [-0.1, -0.05) is 31.2 Å². The van der Waals surface area contributed by atoms with Crippen molar-refractivity contribution in [1.82, 2.24) is 10.3 Å². The fourth-order valence-corrected chi connectivity index (χ4v) is 2.78. The number of nitrogens with one attached hydrogen (secondary N) is 1. The zero-order valence-corrected chi connectivity index (χ0v) is 12.4. The highest BCUT2D eigenvalue weighted by Crippen LogP contribution is 2.27. The van der Waals surface area contributed by atoms with Gasteiger partial charge in [0.1, 0.15) is 0 Å². The molecule has 112 valence electrons. The van der Waals surface area contributed by atoms with E-state index in [9.17, 15) is 0 Å². The summed E-state index contributed by atoms with van der Waals surface area (Å²) in [6.45, 7) is 4.53. The third kappa shape index (κ3) is 3.40.